The van der Waals surface area contributed by atoms with Gasteiger partial charge in [0.25, 0.3) is 0 Å². The van der Waals surface area contributed by atoms with Crippen molar-refractivity contribution in [2.45, 2.75) is 32.7 Å². The fourth-order valence-electron chi connectivity index (χ4n) is 1.89. The van der Waals surface area contributed by atoms with Crippen LogP contribution in [0, 0.1) is 5.82 Å². The van der Waals surface area contributed by atoms with Gasteiger partial charge in [-0.2, -0.15) is 0 Å². The van der Waals surface area contributed by atoms with Crippen LogP contribution in [-0.4, -0.2) is 11.5 Å². The van der Waals surface area contributed by atoms with Crippen molar-refractivity contribution in [2.75, 3.05) is 6.54 Å². The Hall–Kier alpha value is -1.26. The van der Waals surface area contributed by atoms with E-state index in [2.05, 4.69) is 24.1 Å². The number of nitrogens with one attached hydrogen (secondary N) is 1. The smallest absolute Gasteiger partial charge is 0.123 e. The third-order valence-corrected chi connectivity index (χ3v) is 4.12. The van der Waals surface area contributed by atoms with Gasteiger partial charge < -0.3 is 5.32 Å². The van der Waals surface area contributed by atoms with Crippen molar-refractivity contribution >= 4 is 11.3 Å². The lowest BCUT2D eigenvalue weighted by Crippen LogP contribution is -2.18. The minimum atomic E-state index is -0.188. The number of hydrogen-bond acceptors (Lipinski definition) is 3. The van der Waals surface area contributed by atoms with Gasteiger partial charge in [-0.15, -0.1) is 11.3 Å². The highest BCUT2D eigenvalue weighted by atomic mass is 32.1. The van der Waals surface area contributed by atoms with Crippen LogP contribution >= 0.6 is 11.3 Å². The van der Waals surface area contributed by atoms with Crippen molar-refractivity contribution in [1.29, 1.82) is 0 Å². The standard InChI is InChI=1S/C15H19FN2S/c1-3-7-17-11(2)14-10-18-15(19-14)9-12-5-4-6-13(16)8-12/h4-6,8,10-11,17H,3,7,9H2,1-2H3. The third-order valence-electron chi connectivity index (χ3n) is 2.94. The van der Waals surface area contributed by atoms with Crippen molar-refractivity contribution < 1.29 is 4.39 Å². The van der Waals surface area contributed by atoms with Crippen LogP contribution in [-0.2, 0) is 6.42 Å². The highest BCUT2D eigenvalue weighted by molar-refractivity contribution is 7.11. The van der Waals surface area contributed by atoms with Crippen LogP contribution in [0.4, 0.5) is 4.39 Å². The Morgan fingerprint density at radius 1 is 1.42 bits per heavy atom. The maximum absolute atomic E-state index is 13.1. The van der Waals surface area contributed by atoms with E-state index in [0.29, 0.717) is 12.5 Å². The van der Waals surface area contributed by atoms with Crippen LogP contribution in [0.25, 0.3) is 0 Å². The van der Waals surface area contributed by atoms with E-state index in [1.54, 1.807) is 23.5 Å². The number of rotatable bonds is 6. The molecule has 1 unspecified atom stereocenters. The first kappa shape index (κ1) is 14.2. The molecule has 0 spiro atoms. The Bertz CT molecular complexity index is 524. The summed E-state index contributed by atoms with van der Waals surface area (Å²) < 4.78 is 13.1. The van der Waals surface area contributed by atoms with Crippen LogP contribution in [0.15, 0.2) is 30.5 Å². The van der Waals surface area contributed by atoms with Crippen LogP contribution < -0.4 is 5.32 Å². The fraction of sp³-hybridized carbons (Fsp3) is 0.400. The Morgan fingerprint density at radius 2 is 2.26 bits per heavy atom. The van der Waals surface area contributed by atoms with Gasteiger partial charge in [0.1, 0.15) is 5.82 Å². The van der Waals surface area contributed by atoms with E-state index in [1.807, 2.05) is 12.3 Å². The predicted molar refractivity (Wildman–Crippen MR) is 78.0 cm³/mol. The molecule has 0 saturated carbocycles. The maximum Gasteiger partial charge on any atom is 0.123 e. The van der Waals surface area contributed by atoms with Crippen molar-refractivity contribution in [3.8, 4) is 0 Å². The second-order valence-corrected chi connectivity index (χ2v) is 5.79. The van der Waals surface area contributed by atoms with Crippen LogP contribution in [0.3, 0.4) is 0 Å². The van der Waals surface area contributed by atoms with Crippen LogP contribution in [0.5, 0.6) is 0 Å². The summed E-state index contributed by atoms with van der Waals surface area (Å²) in [6.45, 7) is 5.31. The molecule has 0 radical (unpaired) electrons. The molecule has 1 heterocycles. The Kier molecular flexibility index (Phi) is 5.05. The lowest BCUT2D eigenvalue weighted by Gasteiger charge is -2.09. The van der Waals surface area contributed by atoms with Gasteiger partial charge in [-0.25, -0.2) is 9.37 Å². The van der Waals surface area contributed by atoms with Gasteiger partial charge >= 0.3 is 0 Å². The molecular formula is C15H19FN2S. The van der Waals surface area contributed by atoms with Gasteiger partial charge in [-0.05, 0) is 37.6 Å². The lowest BCUT2D eigenvalue weighted by molar-refractivity contribution is 0.577. The van der Waals surface area contributed by atoms with Crippen molar-refractivity contribution in [3.63, 3.8) is 0 Å². The first-order valence-electron chi connectivity index (χ1n) is 6.61. The average molecular weight is 278 g/mol. The zero-order valence-corrected chi connectivity index (χ0v) is 12.1. The van der Waals surface area contributed by atoms with E-state index in [1.165, 1.54) is 10.9 Å². The molecule has 1 aromatic heterocycles. The van der Waals surface area contributed by atoms with E-state index in [0.717, 1.165) is 23.5 Å². The van der Waals surface area contributed by atoms with Gasteiger partial charge in [0, 0.05) is 23.5 Å². The molecule has 2 rings (SSSR count). The summed E-state index contributed by atoms with van der Waals surface area (Å²) >= 11 is 1.70. The molecule has 1 atom stereocenters. The van der Waals surface area contributed by atoms with Crippen molar-refractivity contribution in [1.82, 2.24) is 10.3 Å². The Morgan fingerprint density at radius 3 is 3.00 bits per heavy atom. The average Bonchev–Trinajstić information content (AvgIpc) is 2.84. The molecule has 19 heavy (non-hydrogen) atoms. The molecule has 0 amide bonds. The minimum Gasteiger partial charge on any atom is -0.309 e. The molecule has 2 nitrogen and oxygen atoms in total. The van der Waals surface area contributed by atoms with Gasteiger partial charge in [0.2, 0.25) is 0 Å². The van der Waals surface area contributed by atoms with Crippen LogP contribution in [0.1, 0.15) is 41.8 Å². The third kappa shape index (κ3) is 4.11. The van der Waals surface area contributed by atoms with E-state index in [-0.39, 0.29) is 5.82 Å². The van der Waals surface area contributed by atoms with Crippen molar-refractivity contribution in [2.24, 2.45) is 0 Å². The summed E-state index contributed by atoms with van der Waals surface area (Å²) in [7, 11) is 0. The quantitative estimate of drug-likeness (QED) is 0.866. The Balaban J connectivity index is 2.01. The topological polar surface area (TPSA) is 24.9 Å². The molecule has 0 saturated heterocycles. The van der Waals surface area contributed by atoms with E-state index >= 15 is 0 Å². The Labute approximate surface area is 117 Å². The lowest BCUT2D eigenvalue weighted by atomic mass is 10.1. The number of halogens is 1. The monoisotopic (exact) mass is 278 g/mol. The largest absolute Gasteiger partial charge is 0.309 e. The SMILES string of the molecule is CCCNC(C)c1cnc(Cc2cccc(F)c2)s1. The normalized spacial score (nSPS) is 12.6. The highest BCUT2D eigenvalue weighted by Crippen LogP contribution is 2.22. The second-order valence-electron chi connectivity index (χ2n) is 4.64. The van der Waals surface area contributed by atoms with Gasteiger partial charge in [-0.1, -0.05) is 19.1 Å². The molecule has 0 aliphatic carbocycles. The van der Waals surface area contributed by atoms with Crippen molar-refractivity contribution in [3.05, 3.63) is 51.7 Å². The molecular weight excluding hydrogens is 259 g/mol. The summed E-state index contributed by atoms with van der Waals surface area (Å²) in [6, 6.07) is 7.04. The predicted octanol–water partition coefficient (Wildman–Crippen LogP) is 3.93. The molecule has 4 heteroatoms. The van der Waals surface area contributed by atoms with E-state index < -0.39 is 0 Å². The summed E-state index contributed by atoms with van der Waals surface area (Å²) in [6.07, 6.45) is 3.74. The summed E-state index contributed by atoms with van der Waals surface area (Å²) in [5.74, 6) is -0.188. The number of thiazole rings is 1. The number of aromatic nitrogens is 1. The van der Waals surface area contributed by atoms with Gasteiger partial charge in [-0.3, -0.25) is 0 Å². The minimum absolute atomic E-state index is 0.188. The van der Waals surface area contributed by atoms with Gasteiger partial charge in [0.05, 0.1) is 5.01 Å². The number of hydrogen-bond donors (Lipinski definition) is 1. The molecule has 2 aromatic rings. The van der Waals surface area contributed by atoms with E-state index in [4.69, 9.17) is 0 Å². The fourth-order valence-corrected chi connectivity index (χ4v) is 2.87. The first-order valence-corrected chi connectivity index (χ1v) is 7.43. The summed E-state index contributed by atoms with van der Waals surface area (Å²) in [4.78, 5) is 5.66. The number of benzene rings is 1. The highest BCUT2D eigenvalue weighted by Gasteiger charge is 2.09. The second kappa shape index (κ2) is 6.78. The first-order chi connectivity index (χ1) is 9.19. The number of nitrogens with zero attached hydrogens (tertiary/aromatic N) is 1. The van der Waals surface area contributed by atoms with E-state index in [9.17, 15) is 4.39 Å². The summed E-state index contributed by atoms with van der Waals surface area (Å²) in [5, 5.41) is 4.48. The molecule has 1 aromatic carbocycles. The molecule has 0 fully saturated rings. The zero-order valence-electron chi connectivity index (χ0n) is 11.3. The molecule has 0 aliphatic heterocycles. The van der Waals surface area contributed by atoms with Gasteiger partial charge in [0.15, 0.2) is 0 Å². The molecule has 0 aliphatic rings. The maximum atomic E-state index is 13.1. The zero-order chi connectivity index (χ0) is 13.7. The summed E-state index contributed by atoms with van der Waals surface area (Å²) in [5.41, 5.74) is 0.968. The van der Waals surface area contributed by atoms with Crippen LogP contribution in [0.2, 0.25) is 0 Å². The molecule has 102 valence electrons. The molecule has 0 bridgehead atoms. The molecule has 1 N–H and O–H groups in total.